The first-order valence-electron chi connectivity index (χ1n) is 5.84. The van der Waals surface area contributed by atoms with E-state index in [1.807, 2.05) is 6.07 Å². The summed E-state index contributed by atoms with van der Waals surface area (Å²) in [6.07, 6.45) is 1.51. The summed E-state index contributed by atoms with van der Waals surface area (Å²) in [5, 5.41) is 8.84. The molecule has 96 valence electrons. The van der Waals surface area contributed by atoms with Crippen molar-refractivity contribution in [1.29, 1.82) is 5.26 Å². The largest absolute Gasteiger partial charge is 0.381 e. The van der Waals surface area contributed by atoms with E-state index in [4.69, 9.17) is 10.00 Å². The van der Waals surface area contributed by atoms with Crippen LogP contribution in [0.25, 0.3) is 0 Å². The summed E-state index contributed by atoms with van der Waals surface area (Å²) in [6.45, 7) is 1.24. The van der Waals surface area contributed by atoms with Crippen molar-refractivity contribution in [3.8, 4) is 6.07 Å². The second-order valence-corrected chi connectivity index (χ2v) is 5.97. The summed E-state index contributed by atoms with van der Waals surface area (Å²) in [6, 6.07) is 6.13. The Balaban J connectivity index is 2.08. The Bertz CT molecular complexity index is 492. The fraction of sp³-hybridized carbons (Fsp3) is 0.462. The van der Waals surface area contributed by atoms with Crippen molar-refractivity contribution in [2.24, 2.45) is 0 Å². The molecule has 1 saturated heterocycles. The monoisotopic (exact) mass is 267 g/mol. The lowest BCUT2D eigenvalue weighted by molar-refractivity contribution is 0.0992. The standard InChI is InChI=1S/C13H14FNO2S/c14-13-2-1-10(8-15)7-11(13)9-18(16)12-3-5-17-6-4-12/h1-2,7,12H,3-6,9H2. The fourth-order valence-electron chi connectivity index (χ4n) is 1.96. The molecule has 18 heavy (non-hydrogen) atoms. The van der Waals surface area contributed by atoms with Crippen LogP contribution in [0.3, 0.4) is 0 Å². The summed E-state index contributed by atoms with van der Waals surface area (Å²) in [7, 11) is -1.11. The zero-order chi connectivity index (χ0) is 13.0. The minimum atomic E-state index is -1.11. The summed E-state index contributed by atoms with van der Waals surface area (Å²) >= 11 is 0. The lowest BCUT2D eigenvalue weighted by Crippen LogP contribution is -2.25. The molecule has 1 aromatic carbocycles. The Hall–Kier alpha value is -1.25. The predicted molar refractivity (Wildman–Crippen MR) is 66.8 cm³/mol. The Morgan fingerprint density at radius 3 is 2.83 bits per heavy atom. The molecule has 0 amide bonds. The second kappa shape index (κ2) is 6.07. The van der Waals surface area contributed by atoms with Crippen LogP contribution < -0.4 is 0 Å². The number of nitrogens with zero attached hydrogens (tertiary/aromatic N) is 1. The van der Waals surface area contributed by atoms with Crippen LogP contribution in [0, 0.1) is 17.1 Å². The van der Waals surface area contributed by atoms with Gasteiger partial charge in [0, 0.05) is 34.8 Å². The number of hydrogen-bond acceptors (Lipinski definition) is 3. The number of halogens is 1. The van der Waals surface area contributed by atoms with Gasteiger partial charge in [-0.25, -0.2) is 4.39 Å². The van der Waals surface area contributed by atoms with Crippen molar-refractivity contribution >= 4 is 10.8 Å². The van der Waals surface area contributed by atoms with Crippen LogP contribution in [0.2, 0.25) is 0 Å². The van der Waals surface area contributed by atoms with Gasteiger partial charge in [-0.3, -0.25) is 4.21 Å². The third kappa shape index (κ3) is 3.15. The first kappa shape index (κ1) is 13.2. The summed E-state index contributed by atoms with van der Waals surface area (Å²) in [5.41, 5.74) is 0.759. The van der Waals surface area contributed by atoms with Crippen molar-refractivity contribution in [1.82, 2.24) is 0 Å². The minimum Gasteiger partial charge on any atom is -0.381 e. The molecule has 0 spiro atoms. The first-order chi connectivity index (χ1) is 8.70. The number of benzene rings is 1. The quantitative estimate of drug-likeness (QED) is 0.843. The zero-order valence-electron chi connectivity index (χ0n) is 9.89. The first-order valence-corrected chi connectivity index (χ1v) is 7.22. The maximum absolute atomic E-state index is 13.6. The Labute approximate surface area is 108 Å². The number of ether oxygens (including phenoxy) is 1. The molecule has 0 aliphatic carbocycles. The molecule has 0 N–H and O–H groups in total. The summed E-state index contributed by atoms with van der Waals surface area (Å²) in [4.78, 5) is 0. The molecule has 0 aromatic heterocycles. The molecule has 1 heterocycles. The van der Waals surface area contributed by atoms with E-state index in [0.29, 0.717) is 24.3 Å². The Morgan fingerprint density at radius 1 is 1.44 bits per heavy atom. The van der Waals surface area contributed by atoms with Crippen LogP contribution >= 0.6 is 0 Å². The highest BCUT2D eigenvalue weighted by Gasteiger charge is 2.21. The Morgan fingerprint density at radius 2 is 2.17 bits per heavy atom. The van der Waals surface area contributed by atoms with Gasteiger partial charge in [0.25, 0.3) is 0 Å². The van der Waals surface area contributed by atoms with E-state index in [1.54, 1.807) is 0 Å². The van der Waals surface area contributed by atoms with Gasteiger partial charge in [-0.1, -0.05) is 0 Å². The van der Waals surface area contributed by atoms with Crippen LogP contribution in [-0.4, -0.2) is 22.7 Å². The van der Waals surface area contributed by atoms with Crippen LogP contribution in [0.1, 0.15) is 24.0 Å². The van der Waals surface area contributed by atoms with Crippen LogP contribution in [0.15, 0.2) is 18.2 Å². The van der Waals surface area contributed by atoms with Gasteiger partial charge in [0.1, 0.15) is 5.82 Å². The van der Waals surface area contributed by atoms with E-state index in [9.17, 15) is 8.60 Å². The summed E-state index contributed by atoms with van der Waals surface area (Å²) in [5.74, 6) is -0.221. The normalized spacial score (nSPS) is 18.2. The third-order valence-electron chi connectivity index (χ3n) is 3.01. The number of rotatable bonds is 3. The van der Waals surface area contributed by atoms with Crippen LogP contribution in [0.4, 0.5) is 4.39 Å². The minimum absolute atomic E-state index is 0.0730. The SMILES string of the molecule is N#Cc1ccc(F)c(CS(=O)C2CCOCC2)c1. The van der Waals surface area contributed by atoms with E-state index in [2.05, 4.69) is 0 Å². The molecule has 0 saturated carbocycles. The van der Waals surface area contributed by atoms with Crippen molar-refractivity contribution in [3.05, 3.63) is 35.1 Å². The van der Waals surface area contributed by atoms with Gasteiger partial charge in [0.05, 0.1) is 17.4 Å². The van der Waals surface area contributed by atoms with Gasteiger partial charge in [-0.2, -0.15) is 5.26 Å². The molecule has 3 nitrogen and oxygen atoms in total. The van der Waals surface area contributed by atoms with Crippen molar-refractivity contribution < 1.29 is 13.3 Å². The van der Waals surface area contributed by atoms with Gasteiger partial charge in [-0.05, 0) is 31.0 Å². The fourth-order valence-corrected chi connectivity index (χ4v) is 3.45. The van der Waals surface area contributed by atoms with E-state index < -0.39 is 16.6 Å². The smallest absolute Gasteiger partial charge is 0.127 e. The van der Waals surface area contributed by atoms with Gasteiger partial charge < -0.3 is 4.74 Å². The van der Waals surface area contributed by atoms with Gasteiger partial charge in [0.2, 0.25) is 0 Å². The van der Waals surface area contributed by atoms with Crippen molar-refractivity contribution in [2.75, 3.05) is 13.2 Å². The summed E-state index contributed by atoms with van der Waals surface area (Å²) < 4.78 is 30.9. The molecule has 0 radical (unpaired) electrons. The maximum Gasteiger partial charge on any atom is 0.127 e. The van der Waals surface area contributed by atoms with Crippen molar-refractivity contribution in [2.45, 2.75) is 23.8 Å². The van der Waals surface area contributed by atoms with E-state index in [1.165, 1.54) is 18.2 Å². The molecule has 1 unspecified atom stereocenters. The molecule has 1 aliphatic heterocycles. The average molecular weight is 267 g/mol. The molecule has 1 fully saturated rings. The second-order valence-electron chi connectivity index (χ2n) is 4.25. The van der Waals surface area contributed by atoms with E-state index >= 15 is 0 Å². The Kier molecular flexibility index (Phi) is 4.45. The average Bonchev–Trinajstić information content (AvgIpc) is 2.42. The lowest BCUT2D eigenvalue weighted by atomic mass is 10.1. The molecular weight excluding hydrogens is 253 g/mol. The molecule has 1 aliphatic rings. The topological polar surface area (TPSA) is 50.1 Å². The number of nitriles is 1. The maximum atomic E-state index is 13.6. The predicted octanol–water partition coefficient (Wildman–Crippen LogP) is 2.13. The zero-order valence-corrected chi connectivity index (χ0v) is 10.7. The number of hydrogen-bond donors (Lipinski definition) is 0. The lowest BCUT2D eigenvalue weighted by Gasteiger charge is -2.21. The molecule has 1 aromatic rings. The van der Waals surface area contributed by atoms with Gasteiger partial charge >= 0.3 is 0 Å². The highest BCUT2D eigenvalue weighted by atomic mass is 32.2. The highest BCUT2D eigenvalue weighted by Crippen LogP contribution is 2.19. The van der Waals surface area contributed by atoms with Crippen molar-refractivity contribution in [3.63, 3.8) is 0 Å². The molecule has 5 heteroatoms. The van der Waals surface area contributed by atoms with Gasteiger partial charge in [0.15, 0.2) is 0 Å². The van der Waals surface area contributed by atoms with E-state index in [-0.39, 0.29) is 11.0 Å². The van der Waals surface area contributed by atoms with E-state index in [0.717, 1.165) is 12.8 Å². The van der Waals surface area contributed by atoms with Crippen LogP contribution in [0.5, 0.6) is 0 Å². The van der Waals surface area contributed by atoms with Crippen LogP contribution in [-0.2, 0) is 21.3 Å². The molecule has 0 bridgehead atoms. The third-order valence-corrected chi connectivity index (χ3v) is 4.82. The molecule has 2 rings (SSSR count). The molecular formula is C13H14FNO2S. The molecule has 1 atom stereocenters. The van der Waals surface area contributed by atoms with Gasteiger partial charge in [-0.15, -0.1) is 0 Å². The highest BCUT2D eigenvalue weighted by molar-refractivity contribution is 7.84.